The first-order valence-electron chi connectivity index (χ1n) is 6.59. The van der Waals surface area contributed by atoms with E-state index in [4.69, 9.17) is 0 Å². The number of carbonyl (C=O) groups is 1. The molecule has 0 saturated heterocycles. The maximum absolute atomic E-state index is 12.0. The van der Waals surface area contributed by atoms with Crippen molar-refractivity contribution in [3.8, 4) is 0 Å². The summed E-state index contributed by atoms with van der Waals surface area (Å²) >= 11 is 3.42. The van der Waals surface area contributed by atoms with Gasteiger partial charge in [-0.1, -0.05) is 27.6 Å². The quantitative estimate of drug-likeness (QED) is 0.837. The van der Waals surface area contributed by atoms with Crippen molar-refractivity contribution in [3.63, 3.8) is 0 Å². The Morgan fingerprint density at radius 1 is 1.42 bits per heavy atom. The lowest BCUT2D eigenvalue weighted by molar-refractivity contribution is 0.0954. The Hall–Kier alpha value is -1.13. The van der Waals surface area contributed by atoms with E-state index >= 15 is 0 Å². The molecule has 0 aliphatic carbocycles. The fourth-order valence-electron chi connectivity index (χ4n) is 2.20. The molecule has 2 rings (SSSR count). The summed E-state index contributed by atoms with van der Waals surface area (Å²) in [5, 5.41) is 6.26. The number of halogens is 1. The Bertz CT molecular complexity index is 477. The van der Waals surface area contributed by atoms with E-state index in [-0.39, 0.29) is 5.91 Å². The SMILES string of the molecule is Cc1cc(Br)cc(C(=O)NCCC2=CCNCC2)c1. The van der Waals surface area contributed by atoms with E-state index in [1.165, 1.54) is 5.57 Å². The molecule has 0 unspecified atom stereocenters. The average Bonchev–Trinajstić information content (AvgIpc) is 2.38. The predicted octanol–water partition coefficient (Wildman–Crippen LogP) is 2.80. The Morgan fingerprint density at radius 3 is 2.95 bits per heavy atom. The van der Waals surface area contributed by atoms with Gasteiger partial charge in [-0.3, -0.25) is 4.79 Å². The van der Waals surface area contributed by atoms with E-state index in [2.05, 4.69) is 32.6 Å². The van der Waals surface area contributed by atoms with Crippen LogP contribution in [0.25, 0.3) is 0 Å². The largest absolute Gasteiger partial charge is 0.352 e. The molecule has 19 heavy (non-hydrogen) atoms. The number of benzene rings is 1. The second kappa shape index (κ2) is 6.87. The molecule has 2 N–H and O–H groups in total. The van der Waals surface area contributed by atoms with Gasteiger partial charge in [0, 0.05) is 23.1 Å². The topological polar surface area (TPSA) is 41.1 Å². The number of hydrogen-bond acceptors (Lipinski definition) is 2. The van der Waals surface area contributed by atoms with Gasteiger partial charge in [-0.15, -0.1) is 0 Å². The van der Waals surface area contributed by atoms with Gasteiger partial charge in [0.05, 0.1) is 0 Å². The molecule has 3 nitrogen and oxygen atoms in total. The normalized spacial score (nSPS) is 14.9. The zero-order valence-electron chi connectivity index (χ0n) is 11.1. The molecule has 0 saturated carbocycles. The van der Waals surface area contributed by atoms with Gasteiger partial charge < -0.3 is 10.6 Å². The second-order valence-electron chi connectivity index (χ2n) is 4.84. The van der Waals surface area contributed by atoms with E-state index in [0.717, 1.165) is 36.0 Å². The first-order chi connectivity index (χ1) is 9.15. The summed E-state index contributed by atoms with van der Waals surface area (Å²) in [7, 11) is 0. The summed E-state index contributed by atoms with van der Waals surface area (Å²) in [6, 6.07) is 5.76. The minimum atomic E-state index is -0.000987. The molecule has 1 aromatic rings. The van der Waals surface area contributed by atoms with Gasteiger partial charge in [0.2, 0.25) is 0 Å². The van der Waals surface area contributed by atoms with Crippen LogP contribution in [0.5, 0.6) is 0 Å². The van der Waals surface area contributed by atoms with Gasteiger partial charge in [-0.2, -0.15) is 0 Å². The molecule has 1 aliphatic heterocycles. The summed E-state index contributed by atoms with van der Waals surface area (Å²) in [6.07, 6.45) is 4.26. The zero-order valence-corrected chi connectivity index (χ0v) is 12.7. The van der Waals surface area contributed by atoms with Crippen molar-refractivity contribution in [2.75, 3.05) is 19.6 Å². The molecule has 0 atom stereocenters. The van der Waals surface area contributed by atoms with Gasteiger partial charge >= 0.3 is 0 Å². The highest BCUT2D eigenvalue weighted by atomic mass is 79.9. The van der Waals surface area contributed by atoms with E-state index < -0.39 is 0 Å². The molecule has 0 radical (unpaired) electrons. The Kier molecular flexibility index (Phi) is 5.16. The summed E-state index contributed by atoms with van der Waals surface area (Å²) in [6.45, 7) is 4.69. The first kappa shape index (κ1) is 14.3. The standard InChI is InChI=1S/C15H19BrN2O/c1-11-8-13(10-14(16)9-11)15(19)18-7-4-12-2-5-17-6-3-12/h2,8-10,17H,3-7H2,1H3,(H,18,19). The molecule has 102 valence electrons. The van der Waals surface area contributed by atoms with Crippen molar-refractivity contribution in [3.05, 3.63) is 45.4 Å². The number of nitrogens with one attached hydrogen (secondary N) is 2. The molecule has 0 aromatic heterocycles. The molecule has 0 spiro atoms. The van der Waals surface area contributed by atoms with Gasteiger partial charge in [-0.25, -0.2) is 0 Å². The molecule has 1 aliphatic rings. The summed E-state index contributed by atoms with van der Waals surface area (Å²) in [5.74, 6) is -0.000987. The molecule has 0 bridgehead atoms. The first-order valence-corrected chi connectivity index (χ1v) is 7.38. The van der Waals surface area contributed by atoms with E-state index in [9.17, 15) is 4.79 Å². The Balaban J connectivity index is 1.85. The van der Waals surface area contributed by atoms with Crippen LogP contribution < -0.4 is 10.6 Å². The third-order valence-corrected chi connectivity index (χ3v) is 3.65. The summed E-state index contributed by atoms with van der Waals surface area (Å²) in [5.41, 5.74) is 3.23. The van der Waals surface area contributed by atoms with Crippen LogP contribution in [0.2, 0.25) is 0 Å². The highest BCUT2D eigenvalue weighted by Gasteiger charge is 2.08. The zero-order chi connectivity index (χ0) is 13.7. The lowest BCUT2D eigenvalue weighted by Crippen LogP contribution is -2.26. The summed E-state index contributed by atoms with van der Waals surface area (Å²) < 4.78 is 0.943. The smallest absolute Gasteiger partial charge is 0.251 e. The molecule has 1 heterocycles. The minimum Gasteiger partial charge on any atom is -0.352 e. The van der Waals surface area contributed by atoms with Gasteiger partial charge in [0.1, 0.15) is 0 Å². The molecule has 0 fully saturated rings. The fraction of sp³-hybridized carbons (Fsp3) is 0.400. The number of aryl methyl sites for hydroxylation is 1. The van der Waals surface area contributed by atoms with Crippen molar-refractivity contribution in [1.29, 1.82) is 0 Å². The van der Waals surface area contributed by atoms with E-state index in [1.807, 2.05) is 25.1 Å². The van der Waals surface area contributed by atoms with Gasteiger partial charge in [-0.05, 0) is 50.1 Å². The molecule has 4 heteroatoms. The Morgan fingerprint density at radius 2 is 2.26 bits per heavy atom. The van der Waals surface area contributed by atoms with Crippen molar-refractivity contribution in [2.45, 2.75) is 19.8 Å². The Labute approximate surface area is 122 Å². The number of amides is 1. The van der Waals surface area contributed by atoms with E-state index in [1.54, 1.807) is 0 Å². The average molecular weight is 323 g/mol. The van der Waals surface area contributed by atoms with Crippen LogP contribution in [0.15, 0.2) is 34.3 Å². The number of carbonyl (C=O) groups excluding carboxylic acids is 1. The highest BCUT2D eigenvalue weighted by molar-refractivity contribution is 9.10. The number of hydrogen-bond donors (Lipinski definition) is 2. The molecule has 1 aromatic carbocycles. The van der Waals surface area contributed by atoms with Crippen LogP contribution in [0.4, 0.5) is 0 Å². The third kappa shape index (κ3) is 4.48. The van der Waals surface area contributed by atoms with Crippen LogP contribution in [-0.4, -0.2) is 25.5 Å². The summed E-state index contributed by atoms with van der Waals surface area (Å²) in [4.78, 5) is 12.0. The van der Waals surface area contributed by atoms with Crippen LogP contribution in [0, 0.1) is 6.92 Å². The van der Waals surface area contributed by atoms with Crippen molar-refractivity contribution >= 4 is 21.8 Å². The van der Waals surface area contributed by atoms with Crippen molar-refractivity contribution in [1.82, 2.24) is 10.6 Å². The van der Waals surface area contributed by atoms with Crippen LogP contribution in [0.1, 0.15) is 28.8 Å². The maximum atomic E-state index is 12.0. The van der Waals surface area contributed by atoms with Gasteiger partial charge in [0.15, 0.2) is 0 Å². The predicted molar refractivity (Wildman–Crippen MR) is 81.4 cm³/mol. The van der Waals surface area contributed by atoms with Gasteiger partial charge in [0.25, 0.3) is 5.91 Å². The highest BCUT2D eigenvalue weighted by Crippen LogP contribution is 2.15. The maximum Gasteiger partial charge on any atom is 0.251 e. The second-order valence-corrected chi connectivity index (χ2v) is 5.76. The fourth-order valence-corrected chi connectivity index (χ4v) is 2.81. The lowest BCUT2D eigenvalue weighted by atomic mass is 10.1. The minimum absolute atomic E-state index is 0.000987. The van der Waals surface area contributed by atoms with Crippen molar-refractivity contribution < 1.29 is 4.79 Å². The third-order valence-electron chi connectivity index (χ3n) is 3.19. The monoisotopic (exact) mass is 322 g/mol. The van der Waals surface area contributed by atoms with Crippen molar-refractivity contribution in [2.24, 2.45) is 0 Å². The van der Waals surface area contributed by atoms with Crippen LogP contribution in [0.3, 0.4) is 0 Å². The van der Waals surface area contributed by atoms with Crippen LogP contribution in [-0.2, 0) is 0 Å². The van der Waals surface area contributed by atoms with E-state index in [0.29, 0.717) is 12.1 Å². The molecule has 1 amide bonds. The molecular weight excluding hydrogens is 304 g/mol. The van der Waals surface area contributed by atoms with Crippen LogP contribution >= 0.6 is 15.9 Å². The lowest BCUT2D eigenvalue weighted by Gasteiger charge is -2.14. The molecular formula is C15H19BrN2O. The number of rotatable bonds is 4.